The van der Waals surface area contributed by atoms with E-state index in [0.29, 0.717) is 11.4 Å². The minimum absolute atomic E-state index is 0.569. The number of ether oxygens (including phenoxy) is 2. The summed E-state index contributed by atoms with van der Waals surface area (Å²) >= 11 is 1.33. The number of thioether (sulfide) groups is 1. The summed E-state index contributed by atoms with van der Waals surface area (Å²) in [6, 6.07) is 14.6. The van der Waals surface area contributed by atoms with Crippen LogP contribution in [0.2, 0.25) is 0 Å². The van der Waals surface area contributed by atoms with Crippen LogP contribution in [0.25, 0.3) is 0 Å². The Kier molecular flexibility index (Phi) is 6.56. The third-order valence-corrected chi connectivity index (χ3v) is 4.96. The van der Waals surface area contributed by atoms with Gasteiger partial charge >= 0.3 is 5.97 Å². The molecule has 6 heteroatoms. The van der Waals surface area contributed by atoms with Gasteiger partial charge in [-0.25, -0.2) is 4.79 Å². The summed E-state index contributed by atoms with van der Waals surface area (Å²) in [6.45, 7) is 5.30. The van der Waals surface area contributed by atoms with Crippen LogP contribution in [0.15, 0.2) is 53.4 Å². The largest absolute Gasteiger partial charge is 0.497 e. The number of carbonyl (C=O) groups is 1. The molecule has 0 aliphatic carbocycles. The zero-order valence-electron chi connectivity index (χ0n) is 15.4. The number of nitrogen functional groups attached to an aromatic ring is 1. The maximum Gasteiger partial charge on any atom is 0.337 e. The Balaban J connectivity index is 2.34. The topological polar surface area (TPSA) is 81.8 Å². The van der Waals surface area contributed by atoms with E-state index < -0.39 is 22.9 Å². The second-order valence-corrected chi connectivity index (χ2v) is 8.01. The monoisotopic (exact) mass is 375 g/mol. The molecule has 2 rings (SSSR count). The zero-order valence-corrected chi connectivity index (χ0v) is 16.2. The number of esters is 1. The Hall–Kier alpha value is -2.18. The number of para-hydroxylation sites is 1. The van der Waals surface area contributed by atoms with Crippen LogP contribution in [-0.4, -0.2) is 29.9 Å². The number of hydrogen-bond acceptors (Lipinski definition) is 6. The third kappa shape index (κ3) is 5.41. The molecule has 0 aliphatic rings. The molecule has 0 radical (unpaired) electrons. The first kappa shape index (κ1) is 20.1. The van der Waals surface area contributed by atoms with Gasteiger partial charge in [0.1, 0.15) is 11.4 Å². The highest BCUT2D eigenvalue weighted by Crippen LogP contribution is 2.41. The lowest BCUT2D eigenvalue weighted by atomic mass is 10.1. The Morgan fingerprint density at radius 1 is 1.12 bits per heavy atom. The van der Waals surface area contributed by atoms with Gasteiger partial charge < -0.3 is 20.3 Å². The molecule has 0 fully saturated rings. The van der Waals surface area contributed by atoms with E-state index in [1.165, 1.54) is 11.8 Å². The highest BCUT2D eigenvalue weighted by Gasteiger charge is 2.32. The normalized spacial score (nSPS) is 13.7. The van der Waals surface area contributed by atoms with Crippen molar-refractivity contribution in [1.29, 1.82) is 0 Å². The van der Waals surface area contributed by atoms with Crippen molar-refractivity contribution in [2.24, 2.45) is 0 Å². The van der Waals surface area contributed by atoms with Gasteiger partial charge in [-0.05, 0) is 50.6 Å². The molecule has 2 atom stereocenters. The fraction of sp³-hybridized carbons (Fsp3) is 0.350. The van der Waals surface area contributed by atoms with E-state index >= 15 is 0 Å². The van der Waals surface area contributed by atoms with Crippen molar-refractivity contribution in [3.63, 3.8) is 0 Å². The van der Waals surface area contributed by atoms with Crippen LogP contribution in [0.4, 0.5) is 5.69 Å². The molecule has 0 saturated heterocycles. The quantitative estimate of drug-likeness (QED) is 0.454. The summed E-state index contributed by atoms with van der Waals surface area (Å²) in [7, 11) is 1.58. The predicted molar refractivity (Wildman–Crippen MR) is 104 cm³/mol. The van der Waals surface area contributed by atoms with Crippen LogP contribution in [0.3, 0.4) is 0 Å². The summed E-state index contributed by atoms with van der Waals surface area (Å²) in [5.74, 6) is 0.0313. The molecule has 3 N–H and O–H groups in total. The summed E-state index contributed by atoms with van der Waals surface area (Å²) in [6.07, 6.45) is -1.34. The van der Waals surface area contributed by atoms with Crippen LogP contribution in [-0.2, 0) is 9.53 Å². The maximum absolute atomic E-state index is 12.4. The fourth-order valence-corrected chi connectivity index (χ4v) is 3.49. The average molecular weight is 375 g/mol. The first-order valence-electron chi connectivity index (χ1n) is 8.27. The van der Waals surface area contributed by atoms with E-state index in [-0.39, 0.29) is 0 Å². The number of methoxy groups -OCH3 is 1. The maximum atomic E-state index is 12.4. The summed E-state index contributed by atoms with van der Waals surface area (Å²) in [5.41, 5.74) is 6.72. The first-order valence-corrected chi connectivity index (χ1v) is 9.15. The number of benzene rings is 2. The van der Waals surface area contributed by atoms with Crippen molar-refractivity contribution < 1.29 is 19.4 Å². The second-order valence-electron chi connectivity index (χ2n) is 6.83. The summed E-state index contributed by atoms with van der Waals surface area (Å²) in [5, 5.41) is 10.1. The number of anilines is 1. The van der Waals surface area contributed by atoms with Crippen molar-refractivity contribution >= 4 is 23.4 Å². The highest BCUT2D eigenvalue weighted by molar-refractivity contribution is 7.99. The molecule has 0 spiro atoms. The van der Waals surface area contributed by atoms with Gasteiger partial charge in [-0.15, -0.1) is 11.8 Å². The smallest absolute Gasteiger partial charge is 0.337 e. The number of aliphatic hydroxyl groups excluding tert-OH is 1. The van der Waals surface area contributed by atoms with Gasteiger partial charge in [0.25, 0.3) is 0 Å². The molecule has 0 aromatic heterocycles. The Bertz CT molecular complexity index is 740. The lowest BCUT2D eigenvalue weighted by Crippen LogP contribution is -2.34. The van der Waals surface area contributed by atoms with Gasteiger partial charge in [-0.1, -0.05) is 24.3 Å². The molecule has 0 aliphatic heterocycles. The number of carbonyl (C=O) groups excluding carboxylic acids is 1. The SMILES string of the molecule is COc1ccc([C@@H](Sc2ccccc2N)[C@H](O)C(=O)OC(C)(C)C)cc1. The van der Waals surface area contributed by atoms with E-state index in [9.17, 15) is 9.90 Å². The van der Waals surface area contributed by atoms with Crippen LogP contribution in [0, 0.1) is 0 Å². The zero-order chi connectivity index (χ0) is 19.3. The molecule has 5 nitrogen and oxygen atoms in total. The molecule has 0 saturated carbocycles. The Morgan fingerprint density at radius 2 is 1.73 bits per heavy atom. The molecule has 0 amide bonds. The minimum atomic E-state index is -1.34. The standard InChI is InChI=1S/C20H25NO4S/c1-20(2,3)25-19(23)17(22)18(13-9-11-14(24-4)12-10-13)26-16-8-6-5-7-15(16)21/h5-12,17-18,22H,21H2,1-4H3/t17-,18+/m0/s1. The lowest BCUT2D eigenvalue weighted by molar-refractivity contribution is -0.165. The molecule has 140 valence electrons. The van der Waals surface area contributed by atoms with Gasteiger partial charge in [0.15, 0.2) is 6.10 Å². The minimum Gasteiger partial charge on any atom is -0.497 e. The van der Waals surface area contributed by atoms with E-state index in [0.717, 1.165) is 10.5 Å². The average Bonchev–Trinajstić information content (AvgIpc) is 2.59. The predicted octanol–water partition coefficient (Wildman–Crippen LogP) is 3.81. The fourth-order valence-electron chi connectivity index (χ4n) is 2.32. The molecule has 0 heterocycles. The molecule has 2 aromatic rings. The van der Waals surface area contributed by atoms with Crippen molar-refractivity contribution in [2.75, 3.05) is 12.8 Å². The van der Waals surface area contributed by atoms with E-state index in [2.05, 4.69) is 0 Å². The van der Waals surface area contributed by atoms with Gasteiger partial charge in [0.2, 0.25) is 0 Å². The number of rotatable bonds is 6. The van der Waals surface area contributed by atoms with Gasteiger partial charge in [-0.3, -0.25) is 0 Å². The second kappa shape index (κ2) is 8.47. The molecule has 26 heavy (non-hydrogen) atoms. The molecular weight excluding hydrogens is 350 g/mol. The van der Waals surface area contributed by atoms with Gasteiger partial charge in [-0.2, -0.15) is 0 Å². The van der Waals surface area contributed by atoms with E-state index in [4.69, 9.17) is 15.2 Å². The Morgan fingerprint density at radius 3 is 2.27 bits per heavy atom. The van der Waals surface area contributed by atoms with E-state index in [1.54, 1.807) is 46.1 Å². The molecule has 2 aromatic carbocycles. The van der Waals surface area contributed by atoms with Crippen molar-refractivity contribution in [1.82, 2.24) is 0 Å². The number of nitrogens with two attached hydrogens (primary N) is 1. The van der Waals surface area contributed by atoms with Crippen molar-refractivity contribution in [3.8, 4) is 5.75 Å². The molecule has 0 bridgehead atoms. The van der Waals surface area contributed by atoms with Crippen LogP contribution in [0.5, 0.6) is 5.75 Å². The van der Waals surface area contributed by atoms with Crippen molar-refractivity contribution in [3.05, 3.63) is 54.1 Å². The Labute approximate surface area is 158 Å². The number of hydrogen-bond donors (Lipinski definition) is 2. The molecular formula is C20H25NO4S. The molecule has 0 unspecified atom stereocenters. The van der Waals surface area contributed by atoms with E-state index in [1.807, 2.05) is 30.3 Å². The summed E-state index contributed by atoms with van der Waals surface area (Å²) < 4.78 is 10.5. The third-order valence-electron chi connectivity index (χ3n) is 3.55. The van der Waals surface area contributed by atoms with Gasteiger partial charge in [0, 0.05) is 10.6 Å². The van der Waals surface area contributed by atoms with Crippen LogP contribution < -0.4 is 10.5 Å². The van der Waals surface area contributed by atoms with Gasteiger partial charge in [0.05, 0.1) is 12.4 Å². The first-order chi connectivity index (χ1) is 12.2. The van der Waals surface area contributed by atoms with Crippen molar-refractivity contribution in [2.45, 2.75) is 42.6 Å². The van der Waals surface area contributed by atoms with Crippen LogP contribution >= 0.6 is 11.8 Å². The lowest BCUT2D eigenvalue weighted by Gasteiger charge is -2.26. The number of aliphatic hydroxyl groups is 1. The summed E-state index contributed by atoms with van der Waals surface area (Å²) in [4.78, 5) is 13.2. The van der Waals surface area contributed by atoms with Crippen LogP contribution in [0.1, 0.15) is 31.6 Å². The highest BCUT2D eigenvalue weighted by atomic mass is 32.2.